The van der Waals surface area contributed by atoms with Gasteiger partial charge < -0.3 is 16.4 Å². The van der Waals surface area contributed by atoms with E-state index < -0.39 is 6.03 Å². The van der Waals surface area contributed by atoms with Crippen molar-refractivity contribution in [2.24, 2.45) is 12.8 Å². The summed E-state index contributed by atoms with van der Waals surface area (Å²) in [6.45, 7) is 2.21. The lowest BCUT2D eigenvalue weighted by atomic mass is 10.1. The zero-order valence-electron chi connectivity index (χ0n) is 16.5. The third kappa shape index (κ3) is 3.87. The molecule has 30 heavy (non-hydrogen) atoms. The van der Waals surface area contributed by atoms with Gasteiger partial charge >= 0.3 is 6.03 Å². The molecule has 9 heteroatoms. The molecule has 152 valence electrons. The van der Waals surface area contributed by atoms with Crippen LogP contribution in [-0.2, 0) is 13.6 Å². The number of hydrogen-bond donors (Lipinski definition) is 3. The lowest BCUT2D eigenvalue weighted by molar-refractivity contribution is 0.0952. The van der Waals surface area contributed by atoms with E-state index in [-0.39, 0.29) is 5.91 Å². The molecule has 0 fully saturated rings. The van der Waals surface area contributed by atoms with E-state index in [4.69, 9.17) is 10.7 Å². The number of carbonyl (C=O) groups excluding carboxylic acids is 2. The predicted molar refractivity (Wildman–Crippen MR) is 117 cm³/mol. The smallest absolute Gasteiger partial charge is 0.316 e. The van der Waals surface area contributed by atoms with Crippen LogP contribution in [0.4, 0.5) is 10.5 Å². The van der Waals surface area contributed by atoms with Gasteiger partial charge in [0.2, 0.25) is 0 Å². The molecule has 0 saturated heterocycles. The number of nitrogens with two attached hydrogens (primary N) is 1. The first kappa shape index (κ1) is 19.6. The second-order valence-electron chi connectivity index (χ2n) is 6.81. The first-order chi connectivity index (χ1) is 14.4. The van der Waals surface area contributed by atoms with E-state index >= 15 is 0 Å². The van der Waals surface area contributed by atoms with Gasteiger partial charge in [0.1, 0.15) is 0 Å². The second-order valence-corrected chi connectivity index (χ2v) is 7.76. The summed E-state index contributed by atoms with van der Waals surface area (Å²) in [5, 5.41) is 12.6. The van der Waals surface area contributed by atoms with Crippen LogP contribution in [0.25, 0.3) is 21.6 Å². The molecule has 3 amide bonds. The SMILES string of the molecule is Cc1nn(C)c2nc(-c3cccs3)cc(C(=O)NCc3ccc(NC(N)=O)cc3)c12. The summed E-state index contributed by atoms with van der Waals surface area (Å²) < 4.78 is 1.70. The minimum absolute atomic E-state index is 0.198. The third-order valence-corrected chi connectivity index (χ3v) is 5.55. The summed E-state index contributed by atoms with van der Waals surface area (Å²) in [4.78, 5) is 29.7. The Hall–Kier alpha value is -3.72. The molecule has 0 saturated carbocycles. The highest BCUT2D eigenvalue weighted by Gasteiger charge is 2.19. The maximum absolute atomic E-state index is 13.1. The summed E-state index contributed by atoms with van der Waals surface area (Å²) in [6.07, 6.45) is 0. The molecule has 0 aliphatic rings. The van der Waals surface area contributed by atoms with Crippen molar-refractivity contribution < 1.29 is 9.59 Å². The van der Waals surface area contributed by atoms with E-state index in [1.807, 2.05) is 49.7 Å². The molecule has 4 aromatic rings. The number of nitrogens with zero attached hydrogens (tertiary/aromatic N) is 3. The Balaban J connectivity index is 1.61. The zero-order valence-corrected chi connectivity index (χ0v) is 17.3. The van der Waals surface area contributed by atoms with Gasteiger partial charge in [-0.05, 0) is 42.1 Å². The van der Waals surface area contributed by atoms with Crippen molar-refractivity contribution in [2.45, 2.75) is 13.5 Å². The lowest BCUT2D eigenvalue weighted by Crippen LogP contribution is -2.23. The van der Waals surface area contributed by atoms with Crippen molar-refractivity contribution >= 4 is 40.0 Å². The van der Waals surface area contributed by atoms with Crippen LogP contribution >= 0.6 is 11.3 Å². The fraction of sp³-hybridized carbons (Fsp3) is 0.143. The molecule has 8 nitrogen and oxygen atoms in total. The van der Waals surface area contributed by atoms with Crippen molar-refractivity contribution in [1.82, 2.24) is 20.1 Å². The number of hydrogen-bond acceptors (Lipinski definition) is 5. The molecule has 3 heterocycles. The van der Waals surface area contributed by atoms with Crippen LogP contribution in [-0.4, -0.2) is 26.7 Å². The number of amides is 3. The number of thiophene rings is 1. The number of urea groups is 1. The van der Waals surface area contributed by atoms with Crippen LogP contribution in [0.1, 0.15) is 21.6 Å². The van der Waals surface area contributed by atoms with Gasteiger partial charge in [-0.3, -0.25) is 9.48 Å². The van der Waals surface area contributed by atoms with Gasteiger partial charge in [0.15, 0.2) is 5.65 Å². The van der Waals surface area contributed by atoms with E-state index in [0.29, 0.717) is 23.4 Å². The monoisotopic (exact) mass is 420 g/mol. The molecule has 0 spiro atoms. The Bertz CT molecular complexity index is 1230. The Morgan fingerprint density at radius 2 is 1.97 bits per heavy atom. The summed E-state index contributed by atoms with van der Waals surface area (Å²) in [7, 11) is 1.82. The number of rotatable bonds is 5. The Morgan fingerprint density at radius 1 is 1.20 bits per heavy atom. The van der Waals surface area contributed by atoms with Crippen LogP contribution in [0.3, 0.4) is 0 Å². The van der Waals surface area contributed by atoms with Gasteiger partial charge in [-0.15, -0.1) is 11.3 Å². The van der Waals surface area contributed by atoms with Crippen LogP contribution in [0.2, 0.25) is 0 Å². The first-order valence-corrected chi connectivity index (χ1v) is 10.1. The maximum atomic E-state index is 13.1. The number of pyridine rings is 1. The molecule has 0 unspecified atom stereocenters. The van der Waals surface area contributed by atoms with Gasteiger partial charge in [-0.2, -0.15) is 5.10 Å². The molecule has 0 aliphatic carbocycles. The van der Waals surface area contributed by atoms with Crippen LogP contribution in [0, 0.1) is 6.92 Å². The van der Waals surface area contributed by atoms with E-state index in [2.05, 4.69) is 15.7 Å². The molecule has 0 aliphatic heterocycles. The molecule has 0 bridgehead atoms. The molecule has 0 radical (unpaired) electrons. The van der Waals surface area contributed by atoms with Gasteiger partial charge in [-0.1, -0.05) is 18.2 Å². The summed E-state index contributed by atoms with van der Waals surface area (Å²) in [6, 6.07) is 12.2. The van der Waals surface area contributed by atoms with Crippen LogP contribution in [0.5, 0.6) is 0 Å². The minimum atomic E-state index is -0.619. The number of primary amides is 1. The Labute approximate surface area is 176 Å². The minimum Gasteiger partial charge on any atom is -0.351 e. The fourth-order valence-corrected chi connectivity index (χ4v) is 3.99. The first-order valence-electron chi connectivity index (χ1n) is 9.24. The van der Waals surface area contributed by atoms with E-state index in [1.54, 1.807) is 28.2 Å². The standard InChI is InChI=1S/C21H20N6O2S/c1-12-18-15(10-16(17-4-3-9-30-17)25-19(18)27(2)26-12)20(28)23-11-13-5-7-14(8-6-13)24-21(22)29/h3-10H,11H2,1-2H3,(H,23,28)(H3,22,24,29). The Kier molecular flexibility index (Phi) is 5.20. The average molecular weight is 420 g/mol. The van der Waals surface area contributed by atoms with Gasteiger partial charge in [0.25, 0.3) is 5.91 Å². The molecule has 1 aromatic carbocycles. The number of aryl methyl sites for hydroxylation is 2. The average Bonchev–Trinajstić information content (AvgIpc) is 3.35. The number of nitrogens with one attached hydrogen (secondary N) is 2. The summed E-state index contributed by atoms with van der Waals surface area (Å²) >= 11 is 1.57. The number of benzene rings is 1. The maximum Gasteiger partial charge on any atom is 0.316 e. The highest BCUT2D eigenvalue weighted by Crippen LogP contribution is 2.29. The van der Waals surface area contributed by atoms with Gasteiger partial charge in [-0.25, -0.2) is 9.78 Å². The fourth-order valence-electron chi connectivity index (χ4n) is 3.30. The normalized spacial score (nSPS) is 10.9. The largest absolute Gasteiger partial charge is 0.351 e. The molecule has 4 N–H and O–H groups in total. The molecule has 4 rings (SSSR count). The van der Waals surface area contributed by atoms with E-state index in [0.717, 1.165) is 27.2 Å². The lowest BCUT2D eigenvalue weighted by Gasteiger charge is -2.09. The van der Waals surface area contributed by atoms with Crippen LogP contribution < -0.4 is 16.4 Å². The summed E-state index contributed by atoms with van der Waals surface area (Å²) in [5.41, 5.74) is 9.32. The van der Waals surface area contributed by atoms with E-state index in [9.17, 15) is 9.59 Å². The van der Waals surface area contributed by atoms with E-state index in [1.165, 1.54) is 0 Å². The number of fused-ring (bicyclic) bond motifs is 1. The van der Waals surface area contributed by atoms with Crippen molar-refractivity contribution in [3.8, 4) is 10.6 Å². The predicted octanol–water partition coefficient (Wildman–Crippen LogP) is 3.43. The highest BCUT2D eigenvalue weighted by molar-refractivity contribution is 7.13. The van der Waals surface area contributed by atoms with Crippen LogP contribution in [0.15, 0.2) is 47.8 Å². The highest BCUT2D eigenvalue weighted by atomic mass is 32.1. The summed E-state index contributed by atoms with van der Waals surface area (Å²) in [5.74, 6) is -0.198. The molecule has 3 aromatic heterocycles. The third-order valence-electron chi connectivity index (χ3n) is 4.66. The number of carbonyl (C=O) groups is 2. The number of aromatic nitrogens is 3. The van der Waals surface area contributed by atoms with Crippen molar-refractivity contribution in [2.75, 3.05) is 5.32 Å². The number of anilines is 1. The topological polar surface area (TPSA) is 115 Å². The molecular formula is C21H20N6O2S. The molecule has 0 atom stereocenters. The van der Waals surface area contributed by atoms with Crippen molar-refractivity contribution in [1.29, 1.82) is 0 Å². The van der Waals surface area contributed by atoms with Crippen molar-refractivity contribution in [3.05, 3.63) is 64.7 Å². The quantitative estimate of drug-likeness (QED) is 0.459. The van der Waals surface area contributed by atoms with Gasteiger partial charge in [0.05, 0.1) is 27.2 Å². The van der Waals surface area contributed by atoms with Crippen molar-refractivity contribution in [3.63, 3.8) is 0 Å². The molecular weight excluding hydrogens is 400 g/mol. The Morgan fingerprint density at radius 3 is 2.63 bits per heavy atom. The second kappa shape index (κ2) is 7.96. The van der Waals surface area contributed by atoms with Gasteiger partial charge in [0, 0.05) is 19.3 Å². The zero-order chi connectivity index (χ0) is 21.3.